The van der Waals surface area contributed by atoms with Crippen LogP contribution in [-0.2, 0) is 20.7 Å². The maximum atomic E-state index is 12.5. The molecule has 2 amide bonds. The van der Waals surface area contributed by atoms with Gasteiger partial charge in [-0.25, -0.2) is 0 Å². The van der Waals surface area contributed by atoms with Crippen LogP contribution in [0.15, 0.2) is 30.3 Å². The number of rotatable bonds is 8. The number of esters is 1. The molecule has 0 spiro atoms. The molecule has 130 valence electrons. The first kappa shape index (κ1) is 18.3. The second-order valence-corrected chi connectivity index (χ2v) is 6.44. The maximum Gasteiger partial charge on any atom is 0.325 e. The van der Waals surface area contributed by atoms with E-state index in [-0.39, 0.29) is 30.8 Å². The van der Waals surface area contributed by atoms with E-state index in [1.54, 1.807) is 6.92 Å². The van der Waals surface area contributed by atoms with Gasteiger partial charge >= 0.3 is 5.97 Å². The van der Waals surface area contributed by atoms with E-state index in [0.717, 1.165) is 5.56 Å². The molecule has 1 aliphatic heterocycles. The van der Waals surface area contributed by atoms with Crippen LogP contribution in [0.2, 0.25) is 0 Å². The molecule has 0 aromatic heterocycles. The predicted molar refractivity (Wildman–Crippen MR) is 92.8 cm³/mol. The highest BCUT2D eigenvalue weighted by atomic mass is 32.2. The molecule has 1 fully saturated rings. The van der Waals surface area contributed by atoms with E-state index in [1.165, 1.54) is 21.6 Å². The van der Waals surface area contributed by atoms with Gasteiger partial charge in [-0.2, -0.15) is 0 Å². The summed E-state index contributed by atoms with van der Waals surface area (Å²) >= 11 is 1.22. The van der Waals surface area contributed by atoms with Crippen molar-refractivity contribution in [2.45, 2.75) is 13.3 Å². The van der Waals surface area contributed by atoms with Crippen LogP contribution in [-0.4, -0.2) is 65.5 Å². The summed E-state index contributed by atoms with van der Waals surface area (Å²) in [7, 11) is 0. The summed E-state index contributed by atoms with van der Waals surface area (Å²) in [5.74, 6) is 0.0458. The fourth-order valence-corrected chi connectivity index (χ4v) is 3.22. The monoisotopic (exact) mass is 350 g/mol. The first-order valence-electron chi connectivity index (χ1n) is 7.99. The molecule has 1 aromatic rings. The Morgan fingerprint density at radius 2 is 2.04 bits per heavy atom. The maximum absolute atomic E-state index is 12.5. The van der Waals surface area contributed by atoms with Crippen molar-refractivity contribution in [3.05, 3.63) is 35.9 Å². The molecule has 6 nitrogen and oxygen atoms in total. The smallest absolute Gasteiger partial charge is 0.325 e. The van der Waals surface area contributed by atoms with Gasteiger partial charge in [0, 0.05) is 18.8 Å². The predicted octanol–water partition coefficient (Wildman–Crippen LogP) is 1.79. The SMILES string of the molecule is CCOC(=O)CN(CCc1ccccc1)C(=O)CN1CCSC1=O. The van der Waals surface area contributed by atoms with E-state index < -0.39 is 5.97 Å². The summed E-state index contributed by atoms with van der Waals surface area (Å²) in [6.45, 7) is 2.92. The Morgan fingerprint density at radius 3 is 2.67 bits per heavy atom. The van der Waals surface area contributed by atoms with Crippen LogP contribution in [0, 0.1) is 0 Å². The van der Waals surface area contributed by atoms with Crippen LogP contribution in [0.25, 0.3) is 0 Å². The zero-order valence-corrected chi connectivity index (χ0v) is 14.6. The van der Waals surface area contributed by atoms with Crippen molar-refractivity contribution in [1.82, 2.24) is 9.80 Å². The van der Waals surface area contributed by atoms with E-state index >= 15 is 0 Å². The van der Waals surface area contributed by atoms with E-state index in [9.17, 15) is 14.4 Å². The van der Waals surface area contributed by atoms with E-state index in [0.29, 0.717) is 25.3 Å². The Labute approximate surface area is 146 Å². The summed E-state index contributed by atoms with van der Waals surface area (Å²) in [6, 6.07) is 9.77. The Balaban J connectivity index is 1.96. The summed E-state index contributed by atoms with van der Waals surface area (Å²) < 4.78 is 4.95. The number of hydrogen-bond donors (Lipinski definition) is 0. The normalized spacial score (nSPS) is 13.9. The summed E-state index contributed by atoms with van der Waals surface area (Å²) in [4.78, 5) is 38.9. The lowest BCUT2D eigenvalue weighted by Gasteiger charge is -2.24. The first-order chi connectivity index (χ1) is 11.6. The molecule has 0 radical (unpaired) electrons. The van der Waals surface area contributed by atoms with Gasteiger partial charge in [0.15, 0.2) is 0 Å². The van der Waals surface area contributed by atoms with E-state index in [1.807, 2.05) is 30.3 Å². The van der Waals surface area contributed by atoms with Crippen molar-refractivity contribution in [2.24, 2.45) is 0 Å². The molecule has 0 atom stereocenters. The Bertz CT molecular complexity index is 579. The molecule has 0 unspecified atom stereocenters. The number of carbonyl (C=O) groups is 3. The largest absolute Gasteiger partial charge is 0.465 e. The summed E-state index contributed by atoms with van der Waals surface area (Å²) in [6.07, 6.45) is 0.648. The molecule has 0 N–H and O–H groups in total. The second kappa shape index (κ2) is 9.32. The van der Waals surface area contributed by atoms with E-state index in [4.69, 9.17) is 4.74 Å². The van der Waals surface area contributed by atoms with Crippen LogP contribution in [0.3, 0.4) is 0 Å². The third kappa shape index (κ3) is 5.56. The zero-order valence-electron chi connectivity index (χ0n) is 13.8. The molecule has 1 heterocycles. The molecule has 2 rings (SSSR count). The standard InChI is InChI=1S/C17H22N2O4S/c1-2-23-16(21)13-18(9-8-14-6-4-3-5-7-14)15(20)12-19-10-11-24-17(19)22/h3-7H,2,8-13H2,1H3. The lowest BCUT2D eigenvalue weighted by atomic mass is 10.1. The van der Waals surface area contributed by atoms with Crippen molar-refractivity contribution >= 4 is 28.9 Å². The second-order valence-electron chi connectivity index (χ2n) is 5.39. The molecular weight excluding hydrogens is 328 g/mol. The van der Waals surface area contributed by atoms with Crippen molar-refractivity contribution in [1.29, 1.82) is 0 Å². The molecule has 1 aliphatic rings. The summed E-state index contributed by atoms with van der Waals surface area (Å²) in [5.41, 5.74) is 1.09. The molecular formula is C17H22N2O4S. The molecule has 1 aromatic carbocycles. The zero-order chi connectivity index (χ0) is 17.4. The number of hydrogen-bond acceptors (Lipinski definition) is 5. The fraction of sp³-hybridized carbons (Fsp3) is 0.471. The van der Waals surface area contributed by atoms with Gasteiger partial charge in [-0.1, -0.05) is 42.1 Å². The molecule has 0 bridgehead atoms. The molecule has 0 saturated carbocycles. The van der Waals surface area contributed by atoms with Crippen molar-refractivity contribution in [2.75, 3.05) is 38.5 Å². The van der Waals surface area contributed by atoms with Crippen molar-refractivity contribution in [3.8, 4) is 0 Å². The number of thioether (sulfide) groups is 1. The number of amides is 2. The van der Waals surface area contributed by atoms with Crippen molar-refractivity contribution in [3.63, 3.8) is 0 Å². The third-order valence-corrected chi connectivity index (χ3v) is 4.55. The third-order valence-electron chi connectivity index (χ3n) is 3.66. The summed E-state index contributed by atoms with van der Waals surface area (Å²) in [5, 5.41) is -0.0810. The Hall–Kier alpha value is -2.02. The van der Waals surface area contributed by atoms with Gasteiger partial charge in [0.1, 0.15) is 13.1 Å². The lowest BCUT2D eigenvalue weighted by molar-refractivity contribution is -0.149. The van der Waals surface area contributed by atoms with Gasteiger partial charge in [0.25, 0.3) is 5.24 Å². The van der Waals surface area contributed by atoms with Crippen LogP contribution in [0.5, 0.6) is 0 Å². The van der Waals surface area contributed by atoms with Crippen LogP contribution >= 0.6 is 11.8 Å². The van der Waals surface area contributed by atoms with Gasteiger partial charge in [-0.3, -0.25) is 14.4 Å². The van der Waals surface area contributed by atoms with Crippen molar-refractivity contribution < 1.29 is 19.1 Å². The highest BCUT2D eigenvalue weighted by Gasteiger charge is 2.26. The number of nitrogens with zero attached hydrogens (tertiary/aromatic N) is 2. The topological polar surface area (TPSA) is 66.9 Å². The number of carbonyl (C=O) groups excluding carboxylic acids is 3. The Morgan fingerprint density at radius 1 is 1.29 bits per heavy atom. The highest BCUT2D eigenvalue weighted by molar-refractivity contribution is 8.13. The Kier molecular flexibility index (Phi) is 7.11. The first-order valence-corrected chi connectivity index (χ1v) is 8.97. The minimum atomic E-state index is -0.430. The van der Waals surface area contributed by atoms with Gasteiger partial charge < -0.3 is 14.5 Å². The van der Waals surface area contributed by atoms with Gasteiger partial charge in [-0.05, 0) is 18.9 Å². The number of benzene rings is 1. The van der Waals surface area contributed by atoms with Crippen LogP contribution in [0.1, 0.15) is 12.5 Å². The number of ether oxygens (including phenoxy) is 1. The lowest BCUT2D eigenvalue weighted by Crippen LogP contribution is -2.44. The molecule has 0 aliphatic carbocycles. The average Bonchev–Trinajstić information content (AvgIpc) is 2.97. The van der Waals surface area contributed by atoms with Gasteiger partial charge in [-0.15, -0.1) is 0 Å². The minimum absolute atomic E-state index is 0.0139. The molecule has 24 heavy (non-hydrogen) atoms. The highest BCUT2D eigenvalue weighted by Crippen LogP contribution is 2.17. The fourth-order valence-electron chi connectivity index (χ4n) is 2.40. The quantitative estimate of drug-likeness (QED) is 0.669. The van der Waals surface area contributed by atoms with Crippen LogP contribution in [0.4, 0.5) is 4.79 Å². The molecule has 1 saturated heterocycles. The van der Waals surface area contributed by atoms with Gasteiger partial charge in [0.05, 0.1) is 6.61 Å². The average molecular weight is 350 g/mol. The van der Waals surface area contributed by atoms with Gasteiger partial charge in [0.2, 0.25) is 5.91 Å². The van der Waals surface area contributed by atoms with Crippen LogP contribution < -0.4 is 0 Å². The minimum Gasteiger partial charge on any atom is -0.465 e. The molecule has 7 heteroatoms. The van der Waals surface area contributed by atoms with E-state index in [2.05, 4.69) is 0 Å².